The van der Waals surface area contributed by atoms with Crippen LogP contribution in [0.25, 0.3) is 0 Å². The van der Waals surface area contributed by atoms with Crippen LogP contribution in [0.3, 0.4) is 0 Å². The Bertz CT molecular complexity index is 970. The Balaban J connectivity index is 1.83. The number of carbonyl (C=O) groups excluding carboxylic acids is 2. The summed E-state index contributed by atoms with van der Waals surface area (Å²) in [5, 5.41) is 2.76. The first-order chi connectivity index (χ1) is 14.8. The van der Waals surface area contributed by atoms with Gasteiger partial charge in [0.15, 0.2) is 0 Å². The number of methoxy groups -OCH3 is 1. The third kappa shape index (κ3) is 5.13. The highest BCUT2D eigenvalue weighted by Gasteiger charge is 2.33. The van der Waals surface area contributed by atoms with Crippen LogP contribution in [-0.2, 0) is 4.74 Å². The molecule has 2 heterocycles. The molecule has 0 bridgehead atoms. The normalized spacial score (nSPS) is 15.8. The van der Waals surface area contributed by atoms with Crippen LogP contribution in [0.2, 0.25) is 0 Å². The summed E-state index contributed by atoms with van der Waals surface area (Å²) in [6.07, 6.45) is 2.03. The van der Waals surface area contributed by atoms with Gasteiger partial charge in [-0.15, -0.1) is 0 Å². The minimum absolute atomic E-state index is 0.184. The summed E-state index contributed by atoms with van der Waals surface area (Å²) in [4.78, 5) is 37.4. The number of carbonyl (C=O) groups is 2. The molecular formula is C21H25F2N5O3. The molecule has 166 valence electrons. The van der Waals surface area contributed by atoms with Gasteiger partial charge in [-0.05, 0) is 18.6 Å². The first kappa shape index (κ1) is 22.5. The number of ether oxygens (including phenoxy) is 1. The Labute approximate surface area is 179 Å². The van der Waals surface area contributed by atoms with E-state index < -0.39 is 17.5 Å². The average Bonchev–Trinajstić information content (AvgIpc) is 3.23. The van der Waals surface area contributed by atoms with Crippen LogP contribution in [0.1, 0.15) is 38.7 Å². The summed E-state index contributed by atoms with van der Waals surface area (Å²) < 4.78 is 32.2. The molecule has 0 spiro atoms. The van der Waals surface area contributed by atoms with E-state index in [0.717, 1.165) is 12.1 Å². The molecule has 3 rings (SSSR count). The lowest BCUT2D eigenvalue weighted by Gasteiger charge is -2.19. The Morgan fingerprint density at radius 1 is 1.29 bits per heavy atom. The van der Waals surface area contributed by atoms with Crippen LogP contribution >= 0.6 is 0 Å². The quantitative estimate of drug-likeness (QED) is 0.671. The molecule has 1 unspecified atom stereocenters. The Kier molecular flexibility index (Phi) is 7.11. The van der Waals surface area contributed by atoms with Crippen LogP contribution in [0.4, 0.5) is 14.7 Å². The molecule has 1 aromatic heterocycles. The van der Waals surface area contributed by atoms with Crippen molar-refractivity contribution in [3.63, 3.8) is 0 Å². The smallest absolute Gasteiger partial charge is 0.256 e. The third-order valence-electron chi connectivity index (χ3n) is 5.07. The molecule has 0 saturated carbocycles. The number of benzene rings is 1. The summed E-state index contributed by atoms with van der Waals surface area (Å²) in [5.41, 5.74) is 0.675. The molecule has 1 aromatic carbocycles. The number of nitrogens with one attached hydrogen (secondary N) is 1. The van der Waals surface area contributed by atoms with E-state index in [-0.39, 0.29) is 23.9 Å². The van der Waals surface area contributed by atoms with Gasteiger partial charge in [0.05, 0.1) is 23.4 Å². The molecule has 2 aromatic rings. The highest BCUT2D eigenvalue weighted by atomic mass is 19.1. The van der Waals surface area contributed by atoms with Gasteiger partial charge in [0.1, 0.15) is 11.6 Å². The van der Waals surface area contributed by atoms with E-state index in [9.17, 15) is 18.4 Å². The zero-order chi connectivity index (χ0) is 22.5. The number of nitrogens with zero attached hydrogens (tertiary/aromatic N) is 4. The predicted molar refractivity (Wildman–Crippen MR) is 110 cm³/mol. The van der Waals surface area contributed by atoms with E-state index in [1.807, 2.05) is 0 Å². The summed E-state index contributed by atoms with van der Waals surface area (Å²) >= 11 is 0. The fraction of sp³-hybridized carbons (Fsp3) is 0.429. The Morgan fingerprint density at radius 3 is 2.74 bits per heavy atom. The maximum Gasteiger partial charge on any atom is 0.256 e. The topological polar surface area (TPSA) is 87.7 Å². The van der Waals surface area contributed by atoms with Crippen molar-refractivity contribution < 1.29 is 23.1 Å². The largest absolute Gasteiger partial charge is 0.383 e. The van der Waals surface area contributed by atoms with E-state index in [4.69, 9.17) is 4.74 Å². The van der Waals surface area contributed by atoms with Crippen molar-refractivity contribution >= 4 is 17.8 Å². The maximum absolute atomic E-state index is 14.1. The molecule has 1 aliphatic rings. The fourth-order valence-electron chi connectivity index (χ4n) is 3.45. The number of hydrogen-bond acceptors (Lipinski definition) is 6. The number of amides is 2. The maximum atomic E-state index is 14.1. The van der Waals surface area contributed by atoms with Gasteiger partial charge in [0, 0.05) is 59.0 Å². The van der Waals surface area contributed by atoms with Gasteiger partial charge in [-0.25, -0.2) is 18.7 Å². The van der Waals surface area contributed by atoms with Gasteiger partial charge in [0.25, 0.3) is 11.8 Å². The van der Waals surface area contributed by atoms with Crippen molar-refractivity contribution in [1.29, 1.82) is 0 Å². The lowest BCUT2D eigenvalue weighted by Crippen LogP contribution is -2.31. The Morgan fingerprint density at radius 2 is 2.06 bits per heavy atom. The zero-order valence-electron chi connectivity index (χ0n) is 17.7. The molecule has 1 aliphatic heterocycles. The van der Waals surface area contributed by atoms with Crippen molar-refractivity contribution in [2.45, 2.75) is 12.3 Å². The second-order valence-corrected chi connectivity index (χ2v) is 7.47. The van der Waals surface area contributed by atoms with Gasteiger partial charge < -0.3 is 19.9 Å². The lowest BCUT2D eigenvalue weighted by molar-refractivity contribution is 0.0786. The molecular weight excluding hydrogens is 408 g/mol. The number of halogens is 2. The van der Waals surface area contributed by atoms with Crippen molar-refractivity contribution in [1.82, 2.24) is 20.2 Å². The van der Waals surface area contributed by atoms with Crippen LogP contribution in [0.15, 0.2) is 24.4 Å². The standard InChI is InChI=1S/C21H25F2N5O3/c1-27(2)21-25-11-16(19(29)24-7-9-31-3)18(26-21)13-6-8-28(12-13)20(30)15-5-4-14(22)10-17(15)23/h4-5,10-11,13H,6-9,12H2,1-3H3,(H,24,29). The molecule has 1 fully saturated rings. The summed E-state index contributed by atoms with van der Waals surface area (Å²) in [6, 6.07) is 2.89. The van der Waals surface area contributed by atoms with Crippen LogP contribution in [-0.4, -0.2) is 74.1 Å². The van der Waals surface area contributed by atoms with E-state index >= 15 is 0 Å². The number of anilines is 1. The molecule has 10 heteroatoms. The monoisotopic (exact) mass is 433 g/mol. The third-order valence-corrected chi connectivity index (χ3v) is 5.07. The van der Waals surface area contributed by atoms with Gasteiger partial charge in [0.2, 0.25) is 5.95 Å². The van der Waals surface area contributed by atoms with Crippen molar-refractivity contribution in [2.24, 2.45) is 0 Å². The SMILES string of the molecule is COCCNC(=O)c1cnc(N(C)C)nc1C1CCN(C(=O)c2ccc(F)cc2F)C1. The van der Waals surface area contributed by atoms with E-state index in [1.54, 1.807) is 26.1 Å². The molecule has 1 saturated heterocycles. The van der Waals surface area contributed by atoms with Crippen LogP contribution in [0, 0.1) is 11.6 Å². The highest BCUT2D eigenvalue weighted by Crippen LogP contribution is 2.30. The van der Waals surface area contributed by atoms with Crippen molar-refractivity contribution in [3.05, 3.63) is 52.9 Å². The molecule has 1 atom stereocenters. The minimum Gasteiger partial charge on any atom is -0.383 e. The van der Waals surface area contributed by atoms with E-state index in [0.29, 0.717) is 49.4 Å². The van der Waals surface area contributed by atoms with Crippen molar-refractivity contribution in [3.8, 4) is 0 Å². The molecule has 2 amide bonds. The van der Waals surface area contributed by atoms with E-state index in [2.05, 4.69) is 15.3 Å². The van der Waals surface area contributed by atoms with Gasteiger partial charge in [-0.2, -0.15) is 0 Å². The van der Waals surface area contributed by atoms with Gasteiger partial charge in [-0.1, -0.05) is 0 Å². The second kappa shape index (κ2) is 9.78. The van der Waals surface area contributed by atoms with Gasteiger partial charge in [-0.3, -0.25) is 9.59 Å². The van der Waals surface area contributed by atoms with Gasteiger partial charge >= 0.3 is 0 Å². The number of rotatable bonds is 7. The summed E-state index contributed by atoms with van der Waals surface area (Å²) in [5.74, 6) is -2.27. The molecule has 8 nitrogen and oxygen atoms in total. The highest BCUT2D eigenvalue weighted by molar-refractivity contribution is 5.96. The summed E-state index contributed by atoms with van der Waals surface area (Å²) in [6.45, 7) is 1.33. The molecule has 0 aliphatic carbocycles. The second-order valence-electron chi connectivity index (χ2n) is 7.47. The van der Waals surface area contributed by atoms with Crippen molar-refractivity contribution in [2.75, 3.05) is 52.3 Å². The predicted octanol–water partition coefficient (Wildman–Crippen LogP) is 1.83. The van der Waals surface area contributed by atoms with Crippen LogP contribution < -0.4 is 10.2 Å². The number of likely N-dealkylation sites (tertiary alicyclic amines) is 1. The summed E-state index contributed by atoms with van der Waals surface area (Å²) in [7, 11) is 5.12. The lowest BCUT2D eigenvalue weighted by atomic mass is 9.99. The molecule has 0 radical (unpaired) electrons. The zero-order valence-corrected chi connectivity index (χ0v) is 17.7. The molecule has 31 heavy (non-hydrogen) atoms. The first-order valence-corrected chi connectivity index (χ1v) is 9.87. The molecule has 1 N–H and O–H groups in total. The first-order valence-electron chi connectivity index (χ1n) is 9.87. The Hall–Kier alpha value is -3.14. The van der Waals surface area contributed by atoms with E-state index in [1.165, 1.54) is 11.1 Å². The van der Waals surface area contributed by atoms with Crippen LogP contribution in [0.5, 0.6) is 0 Å². The number of aromatic nitrogens is 2. The average molecular weight is 433 g/mol. The minimum atomic E-state index is -0.899. The number of hydrogen-bond donors (Lipinski definition) is 1. The fourth-order valence-corrected chi connectivity index (χ4v) is 3.45.